The Kier molecular flexibility index (Phi) is 2.90. The van der Waals surface area contributed by atoms with Crippen LogP contribution in [0, 0.1) is 10.1 Å². The third-order valence-corrected chi connectivity index (χ3v) is 3.36. The summed E-state index contributed by atoms with van der Waals surface area (Å²) in [6, 6.07) is 0. The third-order valence-electron chi connectivity index (χ3n) is 3.18. The molecule has 0 aliphatic heterocycles. The van der Waals surface area contributed by atoms with Crippen LogP contribution >= 0.6 is 11.6 Å². The molecule has 0 fully saturated rings. The van der Waals surface area contributed by atoms with Crippen molar-refractivity contribution in [3.8, 4) is 5.82 Å². The van der Waals surface area contributed by atoms with Crippen LogP contribution in [0.3, 0.4) is 0 Å². The lowest BCUT2D eigenvalue weighted by molar-refractivity contribution is -0.385. The summed E-state index contributed by atoms with van der Waals surface area (Å²) in [5.74, 6) is 0.181. The lowest BCUT2D eigenvalue weighted by atomic mass is 10.0. The zero-order valence-electron chi connectivity index (χ0n) is 9.91. The van der Waals surface area contributed by atoms with E-state index < -0.39 is 4.92 Å². The van der Waals surface area contributed by atoms with Gasteiger partial charge in [0, 0.05) is 5.69 Å². The van der Waals surface area contributed by atoms with Gasteiger partial charge in [0.05, 0.1) is 10.6 Å². The Labute approximate surface area is 113 Å². The van der Waals surface area contributed by atoms with Crippen LogP contribution in [0.2, 0.25) is 5.28 Å². The van der Waals surface area contributed by atoms with Gasteiger partial charge in [-0.3, -0.25) is 14.7 Å². The second kappa shape index (κ2) is 4.58. The number of aryl methyl sites for hydroxylation is 1. The summed E-state index contributed by atoms with van der Waals surface area (Å²) in [4.78, 5) is 22.5. The van der Waals surface area contributed by atoms with Crippen LogP contribution in [-0.2, 0) is 12.8 Å². The van der Waals surface area contributed by atoms with Gasteiger partial charge in [0.1, 0.15) is 12.5 Å². The predicted octanol–water partition coefficient (Wildman–Crippen LogP) is 2.10. The van der Waals surface area contributed by atoms with Gasteiger partial charge in [-0.25, -0.2) is 9.97 Å². The number of nitrogens with zero attached hydrogens (tertiary/aromatic N) is 5. The molecule has 0 saturated carbocycles. The van der Waals surface area contributed by atoms with Gasteiger partial charge >= 0.3 is 5.69 Å². The molecule has 3 rings (SSSR count). The maximum Gasteiger partial charge on any atom is 0.330 e. The van der Waals surface area contributed by atoms with Crippen LogP contribution in [0.1, 0.15) is 24.2 Å². The Morgan fingerprint density at radius 2 is 2.11 bits per heavy atom. The minimum Gasteiger partial charge on any atom is -0.281 e. The molecule has 2 aromatic rings. The molecule has 1 aliphatic carbocycles. The standard InChI is InChI=1S/C11H10ClN5O2/c12-11-13-5-9(17(18)19)10(15-11)16-6-14-7-3-1-2-4-8(7)16/h5-6H,1-4H2. The van der Waals surface area contributed by atoms with Gasteiger partial charge in [-0.1, -0.05) is 0 Å². The molecular weight excluding hydrogens is 270 g/mol. The lowest BCUT2D eigenvalue weighted by Gasteiger charge is -2.13. The average molecular weight is 280 g/mol. The van der Waals surface area contributed by atoms with Gasteiger partial charge in [-0.05, 0) is 37.3 Å². The Bertz CT molecular complexity index is 655. The Morgan fingerprint density at radius 1 is 1.32 bits per heavy atom. The summed E-state index contributed by atoms with van der Waals surface area (Å²) in [6.45, 7) is 0. The van der Waals surface area contributed by atoms with E-state index in [0.29, 0.717) is 0 Å². The van der Waals surface area contributed by atoms with Crippen molar-refractivity contribution in [2.24, 2.45) is 0 Å². The van der Waals surface area contributed by atoms with Gasteiger partial charge in [0.25, 0.3) is 0 Å². The molecule has 2 aromatic heterocycles. The zero-order valence-corrected chi connectivity index (χ0v) is 10.7. The van der Waals surface area contributed by atoms with E-state index in [-0.39, 0.29) is 16.8 Å². The Hall–Kier alpha value is -2.02. The van der Waals surface area contributed by atoms with Crippen molar-refractivity contribution in [1.29, 1.82) is 0 Å². The third kappa shape index (κ3) is 2.06. The van der Waals surface area contributed by atoms with Crippen molar-refractivity contribution in [3.63, 3.8) is 0 Å². The average Bonchev–Trinajstić information content (AvgIpc) is 2.82. The first-order valence-electron chi connectivity index (χ1n) is 5.89. The summed E-state index contributed by atoms with van der Waals surface area (Å²) in [7, 11) is 0. The molecule has 8 heteroatoms. The molecule has 0 saturated heterocycles. The van der Waals surface area contributed by atoms with E-state index in [1.807, 2.05) is 0 Å². The van der Waals surface area contributed by atoms with Crippen LogP contribution in [0.15, 0.2) is 12.5 Å². The van der Waals surface area contributed by atoms with E-state index >= 15 is 0 Å². The molecule has 0 N–H and O–H groups in total. The van der Waals surface area contributed by atoms with E-state index in [9.17, 15) is 10.1 Å². The van der Waals surface area contributed by atoms with Crippen LogP contribution in [0.5, 0.6) is 0 Å². The normalized spacial score (nSPS) is 14.2. The van der Waals surface area contributed by atoms with E-state index in [1.165, 1.54) is 0 Å². The van der Waals surface area contributed by atoms with E-state index in [0.717, 1.165) is 43.3 Å². The van der Waals surface area contributed by atoms with E-state index in [1.54, 1.807) is 10.9 Å². The second-order valence-corrected chi connectivity index (χ2v) is 4.66. The van der Waals surface area contributed by atoms with Crippen LogP contribution in [-0.4, -0.2) is 24.4 Å². The van der Waals surface area contributed by atoms with Crippen molar-refractivity contribution >= 4 is 17.3 Å². The van der Waals surface area contributed by atoms with Crippen LogP contribution in [0.4, 0.5) is 5.69 Å². The molecule has 19 heavy (non-hydrogen) atoms. The Morgan fingerprint density at radius 3 is 2.89 bits per heavy atom. The van der Waals surface area contributed by atoms with Crippen LogP contribution < -0.4 is 0 Å². The fourth-order valence-electron chi connectivity index (χ4n) is 2.30. The molecule has 0 aromatic carbocycles. The van der Waals surface area contributed by atoms with E-state index in [4.69, 9.17) is 11.6 Å². The fourth-order valence-corrected chi connectivity index (χ4v) is 2.43. The maximum absolute atomic E-state index is 11.0. The number of aromatic nitrogens is 4. The van der Waals surface area contributed by atoms with Crippen molar-refractivity contribution in [1.82, 2.24) is 19.5 Å². The number of nitro groups is 1. The number of hydrogen-bond donors (Lipinski definition) is 0. The number of halogens is 1. The molecule has 1 aliphatic rings. The molecular formula is C11H10ClN5O2. The topological polar surface area (TPSA) is 86.7 Å². The molecule has 0 atom stereocenters. The summed E-state index contributed by atoms with van der Waals surface area (Å²) in [6.07, 6.45) is 6.58. The van der Waals surface area contributed by atoms with Gasteiger partial charge in [-0.15, -0.1) is 0 Å². The van der Waals surface area contributed by atoms with Crippen molar-refractivity contribution in [2.45, 2.75) is 25.7 Å². The van der Waals surface area contributed by atoms with Gasteiger partial charge in [-0.2, -0.15) is 4.98 Å². The first kappa shape index (κ1) is 12.0. The molecule has 98 valence electrons. The first-order chi connectivity index (χ1) is 9.16. The van der Waals surface area contributed by atoms with Crippen LogP contribution in [0.25, 0.3) is 5.82 Å². The molecule has 2 heterocycles. The van der Waals surface area contributed by atoms with Crippen molar-refractivity contribution in [3.05, 3.63) is 39.3 Å². The minimum atomic E-state index is -0.513. The highest BCUT2D eigenvalue weighted by atomic mass is 35.5. The fraction of sp³-hybridized carbons (Fsp3) is 0.364. The predicted molar refractivity (Wildman–Crippen MR) is 67.5 cm³/mol. The van der Waals surface area contributed by atoms with Gasteiger partial charge in [0.15, 0.2) is 0 Å². The highest BCUT2D eigenvalue weighted by molar-refractivity contribution is 6.28. The highest BCUT2D eigenvalue weighted by Gasteiger charge is 2.23. The molecule has 0 amide bonds. The van der Waals surface area contributed by atoms with Gasteiger partial charge < -0.3 is 0 Å². The maximum atomic E-state index is 11.0. The summed E-state index contributed by atoms with van der Waals surface area (Å²) < 4.78 is 1.65. The van der Waals surface area contributed by atoms with Crippen molar-refractivity contribution in [2.75, 3.05) is 0 Å². The zero-order chi connectivity index (χ0) is 13.4. The number of hydrogen-bond acceptors (Lipinski definition) is 5. The first-order valence-corrected chi connectivity index (χ1v) is 6.27. The summed E-state index contributed by atoms with van der Waals surface area (Å²) in [5.41, 5.74) is 1.79. The summed E-state index contributed by atoms with van der Waals surface area (Å²) >= 11 is 5.74. The highest BCUT2D eigenvalue weighted by Crippen LogP contribution is 2.27. The SMILES string of the molecule is O=[N+]([O-])c1cnc(Cl)nc1-n1cnc2c1CCCC2. The smallest absolute Gasteiger partial charge is 0.281 e. The van der Waals surface area contributed by atoms with Crippen molar-refractivity contribution < 1.29 is 4.92 Å². The minimum absolute atomic E-state index is 0.0149. The molecule has 0 unspecified atom stereocenters. The number of rotatable bonds is 2. The lowest BCUT2D eigenvalue weighted by Crippen LogP contribution is -2.10. The molecule has 0 radical (unpaired) electrons. The molecule has 7 nitrogen and oxygen atoms in total. The number of fused-ring (bicyclic) bond motifs is 1. The van der Waals surface area contributed by atoms with E-state index in [2.05, 4.69) is 15.0 Å². The molecule has 0 bridgehead atoms. The quantitative estimate of drug-likeness (QED) is 0.477. The number of imidazole rings is 1. The summed E-state index contributed by atoms with van der Waals surface area (Å²) in [5, 5.41) is 11.0. The Balaban J connectivity index is 2.19. The largest absolute Gasteiger partial charge is 0.330 e. The monoisotopic (exact) mass is 279 g/mol. The second-order valence-electron chi connectivity index (χ2n) is 4.32. The van der Waals surface area contributed by atoms with Gasteiger partial charge in [0.2, 0.25) is 11.1 Å². The molecule has 0 spiro atoms.